The predicted octanol–water partition coefficient (Wildman–Crippen LogP) is 2.23. The van der Waals surface area contributed by atoms with Gasteiger partial charge in [-0.25, -0.2) is 0 Å². The Morgan fingerprint density at radius 2 is 1.89 bits per heavy atom. The third-order valence-corrected chi connectivity index (χ3v) is 3.92. The van der Waals surface area contributed by atoms with Crippen LogP contribution in [0.25, 0.3) is 0 Å². The summed E-state index contributed by atoms with van der Waals surface area (Å²) in [6.45, 7) is 6.73. The number of ether oxygens (including phenoxy) is 1. The van der Waals surface area contributed by atoms with Gasteiger partial charge in [-0.3, -0.25) is 4.79 Å². The molecule has 0 saturated carbocycles. The van der Waals surface area contributed by atoms with Gasteiger partial charge in [-0.05, 0) is 50.3 Å². The van der Waals surface area contributed by atoms with Gasteiger partial charge in [-0.2, -0.15) is 0 Å². The van der Waals surface area contributed by atoms with Crippen molar-refractivity contribution in [2.45, 2.75) is 52.2 Å². The van der Waals surface area contributed by atoms with E-state index in [-0.39, 0.29) is 18.0 Å². The lowest BCUT2D eigenvalue weighted by atomic mass is 9.94. The molecule has 0 aliphatic carbocycles. The van der Waals surface area contributed by atoms with Crippen LogP contribution in [0.1, 0.15) is 35.1 Å². The first-order chi connectivity index (χ1) is 9.01. The Balaban J connectivity index is 2.08. The van der Waals surface area contributed by atoms with E-state index in [9.17, 15) is 4.79 Å². The van der Waals surface area contributed by atoms with E-state index in [4.69, 9.17) is 10.5 Å². The van der Waals surface area contributed by atoms with E-state index < -0.39 is 0 Å². The minimum absolute atomic E-state index is 0.0640. The highest BCUT2D eigenvalue weighted by molar-refractivity contribution is 5.86. The number of benzene rings is 1. The molecular weight excluding hydrogens is 238 g/mol. The Hall–Kier alpha value is -1.19. The summed E-state index contributed by atoms with van der Waals surface area (Å²) in [4.78, 5) is 12.3. The smallest absolute Gasteiger partial charge is 0.165 e. The number of hydrogen-bond acceptors (Lipinski definition) is 3. The second kappa shape index (κ2) is 5.85. The zero-order chi connectivity index (χ0) is 14.0. The van der Waals surface area contributed by atoms with Crippen molar-refractivity contribution in [1.82, 2.24) is 0 Å². The summed E-state index contributed by atoms with van der Waals surface area (Å²) in [5.74, 6) is 0.186. The number of aryl methyl sites for hydroxylation is 3. The van der Waals surface area contributed by atoms with Crippen LogP contribution in [0.5, 0.6) is 0 Å². The van der Waals surface area contributed by atoms with Gasteiger partial charge in [0.15, 0.2) is 5.78 Å². The monoisotopic (exact) mass is 261 g/mol. The van der Waals surface area contributed by atoms with E-state index in [0.29, 0.717) is 13.0 Å². The van der Waals surface area contributed by atoms with E-state index >= 15 is 0 Å². The maximum absolute atomic E-state index is 12.3. The lowest BCUT2D eigenvalue weighted by Crippen LogP contribution is -2.26. The van der Waals surface area contributed by atoms with E-state index in [1.807, 2.05) is 0 Å². The second-order valence-corrected chi connectivity index (χ2v) is 5.58. The van der Waals surface area contributed by atoms with E-state index in [1.165, 1.54) is 16.7 Å². The molecule has 0 radical (unpaired) electrons. The number of carbonyl (C=O) groups is 1. The summed E-state index contributed by atoms with van der Waals surface area (Å²) in [7, 11) is 0. The zero-order valence-corrected chi connectivity index (χ0v) is 12.0. The summed E-state index contributed by atoms with van der Waals surface area (Å²) in [5.41, 5.74) is 10.4. The topological polar surface area (TPSA) is 52.3 Å². The molecule has 1 heterocycles. The van der Waals surface area contributed by atoms with Gasteiger partial charge in [-0.15, -0.1) is 0 Å². The van der Waals surface area contributed by atoms with Gasteiger partial charge >= 0.3 is 0 Å². The lowest BCUT2D eigenvalue weighted by molar-refractivity contribution is -0.128. The highest BCUT2D eigenvalue weighted by atomic mass is 16.5. The molecule has 0 amide bonds. The third-order valence-electron chi connectivity index (χ3n) is 3.92. The molecule has 0 spiro atoms. The highest BCUT2D eigenvalue weighted by Gasteiger charge is 2.29. The second-order valence-electron chi connectivity index (χ2n) is 5.58. The summed E-state index contributed by atoms with van der Waals surface area (Å²) in [5, 5.41) is 0. The van der Waals surface area contributed by atoms with Crippen LogP contribution in [0.3, 0.4) is 0 Å². The molecule has 1 aliphatic heterocycles. The predicted molar refractivity (Wildman–Crippen MR) is 76.3 cm³/mol. The molecule has 2 rings (SSSR count). The van der Waals surface area contributed by atoms with Crippen molar-refractivity contribution in [3.05, 3.63) is 34.4 Å². The van der Waals surface area contributed by atoms with Crippen molar-refractivity contribution in [1.29, 1.82) is 0 Å². The molecule has 1 aliphatic rings. The third kappa shape index (κ3) is 3.23. The Bertz CT molecular complexity index is 459. The Labute approximate surface area is 115 Å². The summed E-state index contributed by atoms with van der Waals surface area (Å²) in [6.07, 6.45) is 1.99. The van der Waals surface area contributed by atoms with Gasteiger partial charge in [-0.1, -0.05) is 17.7 Å². The molecule has 2 atom stereocenters. The first-order valence-electron chi connectivity index (χ1n) is 6.96. The SMILES string of the molecule is Cc1cc(C)c(CC(=O)C2CCC(CN)O2)c(C)c1. The maximum Gasteiger partial charge on any atom is 0.165 e. The van der Waals surface area contributed by atoms with Crippen molar-refractivity contribution < 1.29 is 9.53 Å². The number of Topliss-reactive ketones (excluding diaryl/α,β-unsaturated/α-hetero) is 1. The molecule has 1 saturated heterocycles. The number of hydrogen-bond donors (Lipinski definition) is 1. The molecule has 19 heavy (non-hydrogen) atoms. The fraction of sp³-hybridized carbons (Fsp3) is 0.562. The molecule has 3 nitrogen and oxygen atoms in total. The van der Waals surface area contributed by atoms with Gasteiger partial charge < -0.3 is 10.5 Å². The van der Waals surface area contributed by atoms with Crippen molar-refractivity contribution >= 4 is 5.78 Å². The average Bonchev–Trinajstić information content (AvgIpc) is 2.82. The average molecular weight is 261 g/mol. The van der Waals surface area contributed by atoms with Crippen molar-refractivity contribution in [3.63, 3.8) is 0 Å². The molecule has 1 fully saturated rings. The first-order valence-corrected chi connectivity index (χ1v) is 6.96. The van der Waals surface area contributed by atoms with Crippen molar-refractivity contribution in [2.24, 2.45) is 5.73 Å². The molecule has 0 bridgehead atoms. The van der Waals surface area contributed by atoms with Gasteiger partial charge in [0.2, 0.25) is 0 Å². The molecule has 0 aromatic heterocycles. The molecule has 104 valence electrons. The molecular formula is C16H23NO2. The highest BCUT2D eigenvalue weighted by Crippen LogP contribution is 2.23. The Kier molecular flexibility index (Phi) is 4.38. The number of carbonyl (C=O) groups excluding carboxylic acids is 1. The molecule has 1 aromatic rings. The standard InChI is InChI=1S/C16H23NO2/c1-10-6-11(2)14(12(3)7-10)8-15(18)16-5-4-13(9-17)19-16/h6-7,13,16H,4-5,8-9,17H2,1-3H3. The number of ketones is 1. The quantitative estimate of drug-likeness (QED) is 0.904. The van der Waals surface area contributed by atoms with Crippen LogP contribution in [0.2, 0.25) is 0 Å². The van der Waals surface area contributed by atoms with E-state index in [1.54, 1.807) is 0 Å². The largest absolute Gasteiger partial charge is 0.366 e. The van der Waals surface area contributed by atoms with Crippen molar-refractivity contribution in [3.8, 4) is 0 Å². The minimum Gasteiger partial charge on any atom is -0.366 e. The van der Waals surface area contributed by atoms with E-state index in [2.05, 4.69) is 32.9 Å². The zero-order valence-electron chi connectivity index (χ0n) is 12.0. The molecule has 2 N–H and O–H groups in total. The van der Waals surface area contributed by atoms with Crippen LogP contribution in [0, 0.1) is 20.8 Å². The van der Waals surface area contributed by atoms with Crippen LogP contribution in [-0.4, -0.2) is 24.5 Å². The molecule has 1 aromatic carbocycles. The minimum atomic E-state index is -0.256. The Morgan fingerprint density at radius 1 is 1.26 bits per heavy atom. The van der Waals surface area contributed by atoms with Gasteiger partial charge in [0.1, 0.15) is 6.10 Å². The van der Waals surface area contributed by atoms with Gasteiger partial charge in [0.05, 0.1) is 6.10 Å². The molecule has 3 heteroatoms. The summed E-state index contributed by atoms with van der Waals surface area (Å²) < 4.78 is 5.67. The van der Waals surface area contributed by atoms with Crippen molar-refractivity contribution in [2.75, 3.05) is 6.54 Å². The van der Waals surface area contributed by atoms with Crippen LogP contribution in [0.15, 0.2) is 12.1 Å². The lowest BCUT2D eigenvalue weighted by Gasteiger charge is -2.14. The first kappa shape index (κ1) is 14.2. The fourth-order valence-corrected chi connectivity index (χ4v) is 2.89. The summed E-state index contributed by atoms with van der Waals surface area (Å²) in [6, 6.07) is 4.27. The van der Waals surface area contributed by atoms with Crippen LogP contribution < -0.4 is 5.73 Å². The van der Waals surface area contributed by atoms with Crippen LogP contribution >= 0.6 is 0 Å². The maximum atomic E-state index is 12.3. The van der Waals surface area contributed by atoms with Crippen LogP contribution in [0.4, 0.5) is 0 Å². The van der Waals surface area contributed by atoms with E-state index in [0.717, 1.165) is 18.4 Å². The Morgan fingerprint density at radius 3 is 2.42 bits per heavy atom. The number of rotatable bonds is 4. The van der Waals surface area contributed by atoms with Gasteiger partial charge in [0, 0.05) is 13.0 Å². The fourth-order valence-electron chi connectivity index (χ4n) is 2.89. The normalized spacial score (nSPS) is 22.7. The van der Waals surface area contributed by atoms with Gasteiger partial charge in [0.25, 0.3) is 0 Å². The number of nitrogens with two attached hydrogens (primary N) is 1. The van der Waals surface area contributed by atoms with Crippen LogP contribution in [-0.2, 0) is 16.0 Å². The summed E-state index contributed by atoms with van der Waals surface area (Å²) >= 11 is 0. The molecule has 2 unspecified atom stereocenters.